The van der Waals surface area contributed by atoms with Crippen LogP contribution in [-0.4, -0.2) is 22.6 Å². The Hall–Kier alpha value is -3.92. The van der Waals surface area contributed by atoms with Gasteiger partial charge in [-0.2, -0.15) is 5.26 Å². The highest BCUT2D eigenvalue weighted by atomic mass is 35.5. The van der Waals surface area contributed by atoms with Crippen LogP contribution in [0.2, 0.25) is 0 Å². The second kappa shape index (κ2) is 11.5. The van der Waals surface area contributed by atoms with E-state index in [1.165, 1.54) is 7.11 Å². The molecule has 35 heavy (non-hydrogen) atoms. The summed E-state index contributed by atoms with van der Waals surface area (Å²) >= 11 is 0. The van der Waals surface area contributed by atoms with Crippen LogP contribution in [-0.2, 0) is 23.1 Å². The molecule has 0 aliphatic rings. The standard InChI is InChI=1S/C28H25N3O3.ClH/c1-19-7-4-5-10-24(19)25-14-21(11-12-23(25)15-29)27(26-16-30-18-31(26)2)34-17-20-8-6-9-22(13-20)28(32)33-3;/h4-14,16,18,27H,17H2,1-3H3;1H. The Morgan fingerprint density at radius 2 is 1.89 bits per heavy atom. The number of hydrogen-bond acceptors (Lipinski definition) is 5. The molecular weight excluding hydrogens is 462 g/mol. The van der Waals surface area contributed by atoms with Crippen LogP contribution < -0.4 is 0 Å². The van der Waals surface area contributed by atoms with Crippen molar-refractivity contribution < 1.29 is 14.3 Å². The predicted molar refractivity (Wildman–Crippen MR) is 136 cm³/mol. The smallest absolute Gasteiger partial charge is 0.337 e. The topological polar surface area (TPSA) is 77.1 Å². The number of halogens is 1. The molecule has 1 aromatic heterocycles. The first-order valence-electron chi connectivity index (χ1n) is 10.9. The second-order valence-corrected chi connectivity index (χ2v) is 8.04. The van der Waals surface area contributed by atoms with Crippen molar-refractivity contribution in [3.63, 3.8) is 0 Å². The average molecular weight is 488 g/mol. The number of nitriles is 1. The Kier molecular flexibility index (Phi) is 8.43. The molecule has 3 aromatic carbocycles. The van der Waals surface area contributed by atoms with E-state index in [0.717, 1.165) is 33.5 Å². The number of ether oxygens (including phenoxy) is 2. The minimum atomic E-state index is -0.426. The van der Waals surface area contributed by atoms with Crippen LogP contribution in [0.5, 0.6) is 0 Å². The van der Waals surface area contributed by atoms with Gasteiger partial charge in [0.25, 0.3) is 0 Å². The van der Waals surface area contributed by atoms with Crippen LogP contribution in [0.4, 0.5) is 0 Å². The number of rotatable bonds is 7. The Labute approximate surface area is 211 Å². The van der Waals surface area contributed by atoms with E-state index in [2.05, 4.69) is 11.1 Å². The third kappa shape index (κ3) is 5.60. The van der Waals surface area contributed by atoms with Crippen molar-refractivity contribution in [2.45, 2.75) is 19.6 Å². The molecule has 4 rings (SSSR count). The number of methoxy groups -OCH3 is 1. The van der Waals surface area contributed by atoms with E-state index in [1.807, 2.05) is 73.1 Å². The van der Waals surface area contributed by atoms with Crippen LogP contribution in [0.3, 0.4) is 0 Å². The van der Waals surface area contributed by atoms with Gasteiger partial charge in [0, 0.05) is 12.6 Å². The summed E-state index contributed by atoms with van der Waals surface area (Å²) in [4.78, 5) is 16.2. The Morgan fingerprint density at radius 3 is 2.57 bits per heavy atom. The van der Waals surface area contributed by atoms with Crippen LogP contribution in [0.1, 0.15) is 44.4 Å². The molecule has 7 heteroatoms. The third-order valence-electron chi connectivity index (χ3n) is 5.79. The molecule has 178 valence electrons. The Morgan fingerprint density at radius 1 is 1.09 bits per heavy atom. The molecular formula is C28H26ClN3O3. The van der Waals surface area contributed by atoms with E-state index in [0.29, 0.717) is 11.1 Å². The fraction of sp³-hybridized carbons (Fsp3) is 0.179. The lowest BCUT2D eigenvalue weighted by Crippen LogP contribution is -2.11. The minimum absolute atomic E-state index is 0. The summed E-state index contributed by atoms with van der Waals surface area (Å²) in [6.45, 7) is 2.31. The van der Waals surface area contributed by atoms with E-state index >= 15 is 0 Å². The number of hydrogen-bond donors (Lipinski definition) is 0. The molecule has 0 aliphatic carbocycles. The van der Waals surface area contributed by atoms with Crippen LogP contribution in [0, 0.1) is 18.3 Å². The van der Waals surface area contributed by atoms with Gasteiger partial charge in [-0.25, -0.2) is 9.78 Å². The van der Waals surface area contributed by atoms with Crippen molar-refractivity contribution in [1.29, 1.82) is 5.26 Å². The lowest BCUT2D eigenvalue weighted by atomic mass is 9.93. The van der Waals surface area contributed by atoms with E-state index in [-0.39, 0.29) is 25.0 Å². The number of aryl methyl sites for hydroxylation is 2. The molecule has 0 saturated heterocycles. The first kappa shape index (κ1) is 25.7. The molecule has 0 N–H and O–H groups in total. The lowest BCUT2D eigenvalue weighted by Gasteiger charge is -2.21. The summed E-state index contributed by atoms with van der Waals surface area (Å²) in [5, 5.41) is 9.74. The summed E-state index contributed by atoms with van der Waals surface area (Å²) in [6, 6.07) is 23.3. The van der Waals surface area contributed by atoms with Crippen molar-refractivity contribution in [2.75, 3.05) is 7.11 Å². The number of esters is 1. The van der Waals surface area contributed by atoms with E-state index in [9.17, 15) is 10.1 Å². The predicted octanol–water partition coefficient (Wildman–Crippen LogP) is 5.78. The summed E-state index contributed by atoms with van der Waals surface area (Å²) < 4.78 is 13.2. The largest absolute Gasteiger partial charge is 0.465 e. The van der Waals surface area contributed by atoms with Crippen molar-refractivity contribution in [1.82, 2.24) is 9.55 Å². The zero-order chi connectivity index (χ0) is 24.1. The van der Waals surface area contributed by atoms with Gasteiger partial charge in [-0.3, -0.25) is 0 Å². The van der Waals surface area contributed by atoms with Gasteiger partial charge in [0.05, 0.1) is 49.1 Å². The maximum Gasteiger partial charge on any atom is 0.337 e. The van der Waals surface area contributed by atoms with Gasteiger partial charge < -0.3 is 14.0 Å². The Balaban J connectivity index is 0.00000342. The zero-order valence-electron chi connectivity index (χ0n) is 19.8. The fourth-order valence-electron chi connectivity index (χ4n) is 3.98. The van der Waals surface area contributed by atoms with Gasteiger partial charge in [0.2, 0.25) is 0 Å². The van der Waals surface area contributed by atoms with Crippen molar-refractivity contribution in [2.24, 2.45) is 7.05 Å². The molecule has 6 nitrogen and oxygen atoms in total. The average Bonchev–Trinajstić information content (AvgIpc) is 3.29. The lowest BCUT2D eigenvalue weighted by molar-refractivity contribution is 0.0592. The van der Waals surface area contributed by atoms with Gasteiger partial charge in [-0.15, -0.1) is 12.4 Å². The van der Waals surface area contributed by atoms with E-state index < -0.39 is 6.10 Å². The molecule has 0 bridgehead atoms. The van der Waals surface area contributed by atoms with Gasteiger partial charge >= 0.3 is 5.97 Å². The van der Waals surface area contributed by atoms with Crippen LogP contribution in [0.25, 0.3) is 11.1 Å². The molecule has 0 aliphatic heterocycles. The summed E-state index contributed by atoms with van der Waals surface area (Å²) in [7, 11) is 3.28. The molecule has 1 atom stereocenters. The summed E-state index contributed by atoms with van der Waals surface area (Å²) in [5.74, 6) is -0.389. The number of carbonyl (C=O) groups is 1. The van der Waals surface area contributed by atoms with E-state index in [4.69, 9.17) is 9.47 Å². The van der Waals surface area contributed by atoms with Gasteiger partial charge in [0.15, 0.2) is 0 Å². The van der Waals surface area contributed by atoms with Crippen LogP contribution >= 0.6 is 12.4 Å². The SMILES string of the molecule is COC(=O)c1cccc(COC(c2ccc(C#N)c(-c3ccccc3C)c2)c2cncn2C)c1.Cl. The molecule has 1 heterocycles. The van der Waals surface area contributed by atoms with Crippen molar-refractivity contribution in [3.8, 4) is 17.2 Å². The second-order valence-electron chi connectivity index (χ2n) is 8.04. The maximum absolute atomic E-state index is 11.9. The molecule has 1 unspecified atom stereocenters. The van der Waals surface area contributed by atoms with Gasteiger partial charge in [-0.1, -0.05) is 42.5 Å². The highest BCUT2D eigenvalue weighted by molar-refractivity contribution is 5.89. The molecule has 4 aromatic rings. The number of carbonyl (C=O) groups excluding carboxylic acids is 1. The maximum atomic E-state index is 11.9. The van der Waals surface area contributed by atoms with Crippen LogP contribution in [0.15, 0.2) is 79.3 Å². The highest BCUT2D eigenvalue weighted by Crippen LogP contribution is 2.33. The molecule has 0 fully saturated rings. The third-order valence-corrected chi connectivity index (χ3v) is 5.79. The van der Waals surface area contributed by atoms with Gasteiger partial charge in [-0.05, 0) is 53.4 Å². The monoisotopic (exact) mass is 487 g/mol. The number of aromatic nitrogens is 2. The fourth-order valence-corrected chi connectivity index (χ4v) is 3.98. The molecule has 0 spiro atoms. The molecule has 0 saturated carbocycles. The van der Waals surface area contributed by atoms with Crippen molar-refractivity contribution in [3.05, 3.63) is 113 Å². The minimum Gasteiger partial charge on any atom is -0.465 e. The summed E-state index contributed by atoms with van der Waals surface area (Å²) in [6.07, 6.45) is 3.08. The number of imidazole rings is 1. The molecule has 0 amide bonds. The Bertz CT molecular complexity index is 1370. The normalized spacial score (nSPS) is 11.3. The van der Waals surface area contributed by atoms with Crippen molar-refractivity contribution >= 4 is 18.4 Å². The summed E-state index contributed by atoms with van der Waals surface area (Å²) in [5.41, 5.74) is 6.68. The quantitative estimate of drug-likeness (QED) is 0.309. The highest BCUT2D eigenvalue weighted by Gasteiger charge is 2.21. The molecule has 0 radical (unpaired) electrons. The van der Waals surface area contributed by atoms with E-state index in [1.54, 1.807) is 24.7 Å². The first-order chi connectivity index (χ1) is 16.5. The zero-order valence-corrected chi connectivity index (χ0v) is 20.6. The first-order valence-corrected chi connectivity index (χ1v) is 10.9. The number of nitrogens with zero attached hydrogens (tertiary/aromatic N) is 3. The number of benzene rings is 3. The van der Waals surface area contributed by atoms with Gasteiger partial charge in [0.1, 0.15) is 6.10 Å².